The summed E-state index contributed by atoms with van der Waals surface area (Å²) in [6.07, 6.45) is 0. The van der Waals surface area contributed by atoms with Crippen molar-refractivity contribution < 1.29 is 28.5 Å². The quantitative estimate of drug-likeness (QED) is 0.509. The number of quaternary nitrogens is 1. The minimum Gasteiger partial charge on any atom is -1.00 e. The summed E-state index contributed by atoms with van der Waals surface area (Å²) in [5.74, 6) is 1.44. The fourth-order valence-corrected chi connectivity index (χ4v) is 3.16. The van der Waals surface area contributed by atoms with Crippen molar-refractivity contribution in [1.29, 1.82) is 0 Å². The molecule has 3 atom stereocenters. The topological polar surface area (TPSA) is 0 Å². The lowest BCUT2D eigenvalue weighted by molar-refractivity contribution is -0.905. The predicted molar refractivity (Wildman–Crippen MR) is 64.8 cm³/mol. The first-order valence-electron chi connectivity index (χ1n) is 5.83. The van der Waals surface area contributed by atoms with Gasteiger partial charge in [0.05, 0.1) is 21.1 Å². The number of benzene rings is 1. The maximum atomic E-state index is 2.39. The Morgan fingerprint density at radius 1 is 0.938 bits per heavy atom. The van der Waals surface area contributed by atoms with Crippen LogP contribution >= 0.6 is 0 Å². The van der Waals surface area contributed by atoms with Crippen LogP contribution in [0.2, 0.25) is 0 Å². The van der Waals surface area contributed by atoms with Crippen LogP contribution in [0.15, 0.2) is 24.3 Å². The fourth-order valence-electron chi connectivity index (χ4n) is 3.16. The molecular weight excluding hydrogens is 309 g/mol. The molecule has 1 nitrogen and oxygen atoms in total. The molecule has 0 fully saturated rings. The van der Waals surface area contributed by atoms with Gasteiger partial charge in [-0.05, 0) is 11.5 Å². The number of halogens is 1. The molecule has 90 valence electrons. The number of rotatable bonds is 1. The van der Waals surface area contributed by atoms with Crippen molar-refractivity contribution in [2.75, 3.05) is 21.1 Å². The zero-order chi connectivity index (χ0) is 11.2. The Kier molecular flexibility index (Phi) is 4.06. The van der Waals surface area contributed by atoms with Gasteiger partial charge in [-0.25, -0.2) is 0 Å². The van der Waals surface area contributed by atoms with Crippen molar-refractivity contribution in [2.24, 2.45) is 5.92 Å². The Hall–Kier alpha value is -0.0900. The second kappa shape index (κ2) is 4.65. The lowest BCUT2D eigenvalue weighted by Crippen LogP contribution is -3.00. The van der Waals surface area contributed by atoms with Crippen LogP contribution in [0.1, 0.15) is 36.9 Å². The predicted octanol–water partition coefficient (Wildman–Crippen LogP) is 0.191. The minimum absolute atomic E-state index is 0. The van der Waals surface area contributed by atoms with Crippen LogP contribution in [-0.4, -0.2) is 25.6 Å². The van der Waals surface area contributed by atoms with E-state index < -0.39 is 0 Å². The van der Waals surface area contributed by atoms with Gasteiger partial charge in [-0.3, -0.25) is 0 Å². The van der Waals surface area contributed by atoms with Crippen molar-refractivity contribution >= 4 is 0 Å². The van der Waals surface area contributed by atoms with Gasteiger partial charge in [-0.1, -0.05) is 38.1 Å². The van der Waals surface area contributed by atoms with E-state index in [1.54, 1.807) is 11.1 Å². The molecule has 2 heteroatoms. The highest BCUT2D eigenvalue weighted by atomic mass is 127. The summed E-state index contributed by atoms with van der Waals surface area (Å²) < 4.78 is 1.03. The van der Waals surface area contributed by atoms with Crippen LogP contribution in [-0.2, 0) is 0 Å². The molecule has 1 aliphatic carbocycles. The zero-order valence-electron chi connectivity index (χ0n) is 10.9. The van der Waals surface area contributed by atoms with Gasteiger partial charge in [-0.15, -0.1) is 0 Å². The van der Waals surface area contributed by atoms with Gasteiger partial charge in [0.25, 0.3) is 0 Å². The lowest BCUT2D eigenvalue weighted by Gasteiger charge is -2.35. The van der Waals surface area contributed by atoms with Gasteiger partial charge in [0.15, 0.2) is 0 Å². The molecule has 2 rings (SSSR count). The van der Waals surface area contributed by atoms with Gasteiger partial charge in [0.2, 0.25) is 0 Å². The summed E-state index contributed by atoms with van der Waals surface area (Å²) in [6, 6.07) is 9.60. The molecule has 0 aromatic heterocycles. The molecule has 0 bridgehead atoms. The standard InChI is InChI=1S/C14H22N.HI/c1-10-11(2)14(15(3,4)5)13-9-7-6-8-12(10)13;/h6-11,14H,1-5H3;1H/q+1;/p-1/t10-,11+,14?;/m1./s1. The average molecular weight is 331 g/mol. The highest BCUT2D eigenvalue weighted by Crippen LogP contribution is 2.48. The van der Waals surface area contributed by atoms with Crippen LogP contribution in [0.4, 0.5) is 0 Å². The van der Waals surface area contributed by atoms with Gasteiger partial charge in [-0.2, -0.15) is 0 Å². The maximum absolute atomic E-state index is 2.39. The summed E-state index contributed by atoms with van der Waals surface area (Å²) in [4.78, 5) is 0. The highest BCUT2D eigenvalue weighted by Gasteiger charge is 2.42. The van der Waals surface area contributed by atoms with Crippen LogP contribution in [0.25, 0.3) is 0 Å². The molecule has 0 spiro atoms. The lowest BCUT2D eigenvalue weighted by atomic mass is 9.93. The molecular formula is C14H22IN. The molecule has 1 aliphatic rings. The van der Waals surface area contributed by atoms with Crippen molar-refractivity contribution in [3.63, 3.8) is 0 Å². The van der Waals surface area contributed by atoms with Crippen molar-refractivity contribution in [1.82, 2.24) is 0 Å². The monoisotopic (exact) mass is 331 g/mol. The summed E-state index contributed by atoms with van der Waals surface area (Å²) in [5.41, 5.74) is 3.12. The molecule has 1 aromatic rings. The molecule has 0 heterocycles. The van der Waals surface area contributed by atoms with Crippen molar-refractivity contribution in [3.05, 3.63) is 35.4 Å². The highest BCUT2D eigenvalue weighted by molar-refractivity contribution is 5.37. The number of fused-ring (bicyclic) bond motifs is 1. The van der Waals surface area contributed by atoms with Gasteiger partial charge in [0, 0.05) is 11.5 Å². The maximum Gasteiger partial charge on any atom is 0.117 e. The van der Waals surface area contributed by atoms with E-state index in [0.29, 0.717) is 12.0 Å². The van der Waals surface area contributed by atoms with E-state index in [-0.39, 0.29) is 24.0 Å². The smallest absolute Gasteiger partial charge is 0.117 e. The molecule has 1 unspecified atom stereocenters. The van der Waals surface area contributed by atoms with E-state index in [1.807, 2.05) is 0 Å². The third-order valence-electron chi connectivity index (χ3n) is 3.93. The number of hydrogen-bond donors (Lipinski definition) is 0. The minimum atomic E-state index is 0. The van der Waals surface area contributed by atoms with E-state index in [0.717, 1.165) is 10.4 Å². The summed E-state index contributed by atoms with van der Waals surface area (Å²) >= 11 is 0. The number of nitrogens with zero attached hydrogens (tertiary/aromatic N) is 1. The van der Waals surface area contributed by atoms with Gasteiger partial charge >= 0.3 is 0 Å². The molecule has 0 aliphatic heterocycles. The second-order valence-corrected chi connectivity index (χ2v) is 5.84. The Labute approximate surface area is 116 Å². The van der Waals surface area contributed by atoms with Gasteiger partial charge < -0.3 is 28.5 Å². The average Bonchev–Trinajstić information content (AvgIpc) is 2.39. The number of hydrogen-bond acceptors (Lipinski definition) is 0. The third-order valence-corrected chi connectivity index (χ3v) is 3.93. The summed E-state index contributed by atoms with van der Waals surface area (Å²) in [6.45, 7) is 4.75. The largest absolute Gasteiger partial charge is 1.00 e. The van der Waals surface area contributed by atoms with E-state index >= 15 is 0 Å². The van der Waals surface area contributed by atoms with Crippen LogP contribution in [0, 0.1) is 5.92 Å². The molecule has 0 saturated carbocycles. The first-order chi connectivity index (χ1) is 6.93. The molecule has 16 heavy (non-hydrogen) atoms. The van der Waals surface area contributed by atoms with Gasteiger partial charge in [0.1, 0.15) is 6.04 Å². The Morgan fingerprint density at radius 2 is 1.44 bits per heavy atom. The third kappa shape index (κ3) is 2.14. The van der Waals surface area contributed by atoms with Crippen LogP contribution < -0.4 is 24.0 Å². The van der Waals surface area contributed by atoms with E-state index in [9.17, 15) is 0 Å². The van der Waals surface area contributed by atoms with Crippen molar-refractivity contribution in [3.8, 4) is 0 Å². The Morgan fingerprint density at radius 3 is 1.94 bits per heavy atom. The van der Waals surface area contributed by atoms with Crippen molar-refractivity contribution in [2.45, 2.75) is 25.8 Å². The van der Waals surface area contributed by atoms with E-state index in [1.165, 1.54) is 0 Å². The first-order valence-corrected chi connectivity index (χ1v) is 5.83. The van der Waals surface area contributed by atoms with Crippen LogP contribution in [0.5, 0.6) is 0 Å². The normalized spacial score (nSPS) is 28.4. The van der Waals surface area contributed by atoms with E-state index in [4.69, 9.17) is 0 Å². The molecule has 0 amide bonds. The Balaban J connectivity index is 0.00000128. The molecule has 1 aromatic carbocycles. The zero-order valence-corrected chi connectivity index (χ0v) is 13.0. The molecule has 0 N–H and O–H groups in total. The molecule has 0 radical (unpaired) electrons. The Bertz CT molecular complexity index is 367. The summed E-state index contributed by atoms with van der Waals surface area (Å²) in [7, 11) is 6.90. The second-order valence-electron chi connectivity index (χ2n) is 5.84. The molecule has 0 saturated heterocycles. The van der Waals surface area contributed by atoms with E-state index in [2.05, 4.69) is 59.3 Å². The SMILES string of the molecule is C[C@@H]1C([N+](C)(C)C)c2ccccc2[C@@H]1C.[I-]. The van der Waals surface area contributed by atoms with Crippen LogP contribution in [0.3, 0.4) is 0 Å². The summed E-state index contributed by atoms with van der Waals surface area (Å²) in [5, 5.41) is 0. The first kappa shape index (κ1) is 14.0. The fraction of sp³-hybridized carbons (Fsp3) is 0.571.